The Hall–Kier alpha value is -1.98. The van der Waals surface area contributed by atoms with Crippen molar-refractivity contribution in [1.82, 2.24) is 5.32 Å². The summed E-state index contributed by atoms with van der Waals surface area (Å²) in [4.78, 5) is 10.6. The summed E-state index contributed by atoms with van der Waals surface area (Å²) < 4.78 is 40.3. The molecule has 0 saturated heterocycles. The fourth-order valence-electron chi connectivity index (χ4n) is 1.24. The van der Waals surface area contributed by atoms with Gasteiger partial charge in [0.15, 0.2) is 6.61 Å². The second kappa shape index (κ2) is 6.82. The number of benzene rings is 1. The molecule has 0 fully saturated rings. The number of nitrogens with one attached hydrogen (secondary N) is 1. The minimum absolute atomic E-state index is 0.124. The highest BCUT2D eigenvalue weighted by Crippen LogP contribution is 2.19. The molecular weight excluding hydrogens is 259 g/mol. The molecule has 0 heterocycles. The van der Waals surface area contributed by atoms with Crippen LogP contribution in [0.2, 0.25) is 0 Å². The quantitative estimate of drug-likeness (QED) is 0.895. The number of ether oxygens (including phenoxy) is 1. The maximum Gasteiger partial charge on any atom is 0.422 e. The minimum Gasteiger partial charge on any atom is -0.484 e. The van der Waals surface area contributed by atoms with Gasteiger partial charge in [0, 0.05) is 13.5 Å². The first-order valence-corrected chi connectivity index (χ1v) is 5.57. The molecule has 0 spiro atoms. The fourth-order valence-corrected chi connectivity index (χ4v) is 1.24. The molecule has 1 N–H and O–H groups in total. The third-order valence-corrected chi connectivity index (χ3v) is 2.06. The second-order valence-electron chi connectivity index (χ2n) is 3.81. The lowest BCUT2D eigenvalue weighted by molar-refractivity contribution is -0.153. The van der Waals surface area contributed by atoms with E-state index in [1.54, 1.807) is 24.3 Å². The molecule has 0 aliphatic carbocycles. The number of halogens is 3. The summed E-state index contributed by atoms with van der Waals surface area (Å²) in [6, 6.07) is 6.19. The van der Waals surface area contributed by atoms with Crippen molar-refractivity contribution in [3.05, 3.63) is 35.9 Å². The normalized spacial score (nSPS) is 11.6. The van der Waals surface area contributed by atoms with E-state index < -0.39 is 12.8 Å². The van der Waals surface area contributed by atoms with Crippen molar-refractivity contribution in [2.75, 3.05) is 13.2 Å². The summed E-state index contributed by atoms with van der Waals surface area (Å²) in [6.45, 7) is 0.521. The van der Waals surface area contributed by atoms with Gasteiger partial charge in [-0.1, -0.05) is 24.3 Å². The largest absolute Gasteiger partial charge is 0.484 e. The molecule has 19 heavy (non-hydrogen) atoms. The highest BCUT2D eigenvalue weighted by Gasteiger charge is 2.28. The lowest BCUT2D eigenvalue weighted by atomic mass is 10.2. The predicted octanol–water partition coefficient (Wildman–Crippen LogP) is 2.78. The molecule has 0 radical (unpaired) electrons. The van der Waals surface area contributed by atoms with Crippen molar-refractivity contribution >= 4 is 12.0 Å². The maximum absolute atomic E-state index is 11.9. The van der Waals surface area contributed by atoms with Crippen LogP contribution in [0.3, 0.4) is 0 Å². The first-order chi connectivity index (χ1) is 8.87. The van der Waals surface area contributed by atoms with Crippen molar-refractivity contribution in [3.63, 3.8) is 0 Å². The van der Waals surface area contributed by atoms with Crippen LogP contribution in [-0.2, 0) is 4.79 Å². The monoisotopic (exact) mass is 273 g/mol. The average Bonchev–Trinajstić information content (AvgIpc) is 2.32. The molecule has 0 bridgehead atoms. The van der Waals surface area contributed by atoms with Crippen LogP contribution in [0.5, 0.6) is 5.75 Å². The van der Waals surface area contributed by atoms with Crippen LogP contribution in [0.25, 0.3) is 6.08 Å². The Bertz CT molecular complexity index is 438. The van der Waals surface area contributed by atoms with Gasteiger partial charge in [-0.05, 0) is 17.7 Å². The van der Waals surface area contributed by atoms with Crippen LogP contribution in [0, 0.1) is 0 Å². The summed E-state index contributed by atoms with van der Waals surface area (Å²) in [5, 5.41) is 2.59. The predicted molar refractivity (Wildman–Crippen MR) is 65.7 cm³/mol. The van der Waals surface area contributed by atoms with E-state index in [4.69, 9.17) is 0 Å². The molecule has 1 aromatic carbocycles. The van der Waals surface area contributed by atoms with Gasteiger partial charge in [0.1, 0.15) is 5.75 Å². The molecule has 0 unspecified atom stereocenters. The van der Waals surface area contributed by atoms with Gasteiger partial charge in [-0.25, -0.2) is 0 Å². The van der Waals surface area contributed by atoms with Crippen LogP contribution in [0.15, 0.2) is 30.3 Å². The zero-order valence-corrected chi connectivity index (χ0v) is 10.3. The Labute approximate surface area is 109 Å². The molecular formula is C13H14F3NO2. The number of hydrogen-bond acceptors (Lipinski definition) is 2. The van der Waals surface area contributed by atoms with Crippen molar-refractivity contribution in [1.29, 1.82) is 0 Å². The van der Waals surface area contributed by atoms with Crippen LogP contribution in [0.1, 0.15) is 12.5 Å². The number of hydrogen-bond donors (Lipinski definition) is 1. The molecule has 1 rings (SSSR count). The van der Waals surface area contributed by atoms with Crippen LogP contribution in [-0.4, -0.2) is 25.2 Å². The molecule has 0 aromatic heterocycles. The van der Waals surface area contributed by atoms with E-state index in [9.17, 15) is 18.0 Å². The first kappa shape index (κ1) is 15.1. The molecule has 1 amide bonds. The standard InChI is InChI=1S/C13H14F3NO2/c1-10(18)17-8-2-3-11-4-6-12(7-5-11)19-9-13(14,15)16/h2-7H,8-9H2,1H3,(H,17,18). The number of carbonyl (C=O) groups excluding carboxylic acids is 1. The highest BCUT2D eigenvalue weighted by molar-refractivity contribution is 5.73. The van der Waals surface area contributed by atoms with Gasteiger partial charge in [-0.15, -0.1) is 0 Å². The highest BCUT2D eigenvalue weighted by atomic mass is 19.4. The van der Waals surface area contributed by atoms with E-state index in [1.165, 1.54) is 19.1 Å². The Balaban J connectivity index is 2.45. The second-order valence-corrected chi connectivity index (χ2v) is 3.81. The maximum atomic E-state index is 11.9. The lowest BCUT2D eigenvalue weighted by Gasteiger charge is -2.08. The average molecular weight is 273 g/mol. The van der Waals surface area contributed by atoms with Gasteiger partial charge in [0.25, 0.3) is 0 Å². The summed E-state index contributed by atoms with van der Waals surface area (Å²) in [6.07, 6.45) is -0.840. The molecule has 0 saturated carbocycles. The van der Waals surface area contributed by atoms with Gasteiger partial charge in [0.2, 0.25) is 5.91 Å². The van der Waals surface area contributed by atoms with Crippen molar-refractivity contribution in [2.45, 2.75) is 13.1 Å². The van der Waals surface area contributed by atoms with E-state index in [0.717, 1.165) is 5.56 Å². The Morgan fingerprint density at radius 1 is 1.32 bits per heavy atom. The van der Waals surface area contributed by atoms with Crippen LogP contribution >= 0.6 is 0 Å². The van der Waals surface area contributed by atoms with Gasteiger partial charge >= 0.3 is 6.18 Å². The van der Waals surface area contributed by atoms with Gasteiger partial charge in [0.05, 0.1) is 0 Å². The van der Waals surface area contributed by atoms with Crippen molar-refractivity contribution in [3.8, 4) is 5.75 Å². The molecule has 0 aliphatic heterocycles. The van der Waals surface area contributed by atoms with E-state index >= 15 is 0 Å². The number of amides is 1. The molecule has 6 heteroatoms. The van der Waals surface area contributed by atoms with Crippen LogP contribution < -0.4 is 10.1 Å². The van der Waals surface area contributed by atoms with Crippen molar-refractivity contribution < 1.29 is 22.7 Å². The lowest BCUT2D eigenvalue weighted by Crippen LogP contribution is -2.19. The molecule has 1 aromatic rings. The van der Waals surface area contributed by atoms with Crippen LogP contribution in [0.4, 0.5) is 13.2 Å². The van der Waals surface area contributed by atoms with Gasteiger partial charge < -0.3 is 10.1 Å². The number of alkyl halides is 3. The third kappa shape index (κ3) is 7.13. The molecule has 104 valence electrons. The minimum atomic E-state index is -4.34. The summed E-state index contributed by atoms with van der Waals surface area (Å²) in [7, 11) is 0. The third-order valence-electron chi connectivity index (χ3n) is 2.06. The summed E-state index contributed by atoms with van der Waals surface area (Å²) >= 11 is 0. The molecule has 0 aliphatic rings. The van der Waals surface area contributed by atoms with Gasteiger partial charge in [-0.2, -0.15) is 13.2 Å². The summed E-state index contributed by atoms with van der Waals surface area (Å²) in [5.74, 6) is 0.0388. The van der Waals surface area contributed by atoms with Gasteiger partial charge in [-0.3, -0.25) is 4.79 Å². The van der Waals surface area contributed by atoms with E-state index in [1.807, 2.05) is 0 Å². The van der Waals surface area contributed by atoms with E-state index in [-0.39, 0.29) is 11.7 Å². The van der Waals surface area contributed by atoms with Crippen molar-refractivity contribution in [2.24, 2.45) is 0 Å². The first-order valence-electron chi connectivity index (χ1n) is 5.57. The van der Waals surface area contributed by atoms with E-state index in [0.29, 0.717) is 6.54 Å². The smallest absolute Gasteiger partial charge is 0.422 e. The zero-order valence-electron chi connectivity index (χ0n) is 10.3. The zero-order chi connectivity index (χ0) is 14.3. The fraction of sp³-hybridized carbons (Fsp3) is 0.308. The molecule has 0 atom stereocenters. The Morgan fingerprint density at radius 2 is 1.95 bits per heavy atom. The Morgan fingerprint density at radius 3 is 2.47 bits per heavy atom. The topological polar surface area (TPSA) is 38.3 Å². The number of rotatable bonds is 5. The molecule has 3 nitrogen and oxygen atoms in total. The summed E-state index contributed by atoms with van der Waals surface area (Å²) in [5.41, 5.74) is 0.810. The Kier molecular flexibility index (Phi) is 5.41. The SMILES string of the molecule is CC(=O)NCC=Cc1ccc(OCC(F)(F)F)cc1. The van der Waals surface area contributed by atoms with E-state index in [2.05, 4.69) is 10.1 Å². The number of carbonyl (C=O) groups is 1.